The molecule has 0 bridgehead atoms. The Balaban J connectivity index is 1.56. The van der Waals surface area contributed by atoms with Crippen LogP contribution in [-0.4, -0.2) is 41.7 Å². The summed E-state index contributed by atoms with van der Waals surface area (Å²) in [6.07, 6.45) is 0. The second-order valence-electron chi connectivity index (χ2n) is 6.68. The number of carbonyl (C=O) groups is 1. The minimum absolute atomic E-state index is 0.282. The molecule has 158 valence electrons. The fraction of sp³-hybridized carbons (Fsp3) is 0.174. The SMILES string of the molecule is CCOc1ccc(-n2nc3ccc(NC(=O)c4cc(OC)cc(OC)c4)cc3n2)cc1. The molecule has 1 heterocycles. The lowest BCUT2D eigenvalue weighted by Gasteiger charge is -2.09. The van der Waals surface area contributed by atoms with Gasteiger partial charge in [-0.2, -0.15) is 4.80 Å². The second-order valence-corrected chi connectivity index (χ2v) is 6.68. The Labute approximate surface area is 179 Å². The van der Waals surface area contributed by atoms with Gasteiger partial charge in [0.05, 0.1) is 26.5 Å². The number of rotatable bonds is 7. The average Bonchev–Trinajstić information content (AvgIpc) is 3.22. The highest BCUT2D eigenvalue weighted by molar-refractivity contribution is 6.05. The molecule has 0 aliphatic carbocycles. The average molecular weight is 418 g/mol. The first-order chi connectivity index (χ1) is 15.1. The van der Waals surface area contributed by atoms with E-state index in [1.54, 1.807) is 35.1 Å². The van der Waals surface area contributed by atoms with E-state index < -0.39 is 0 Å². The van der Waals surface area contributed by atoms with Crippen LogP contribution in [0.4, 0.5) is 5.69 Å². The van der Waals surface area contributed by atoms with Gasteiger partial charge in [-0.05, 0) is 61.5 Å². The summed E-state index contributed by atoms with van der Waals surface area (Å²) < 4.78 is 15.9. The van der Waals surface area contributed by atoms with Gasteiger partial charge in [0.25, 0.3) is 5.91 Å². The van der Waals surface area contributed by atoms with Gasteiger partial charge in [0.15, 0.2) is 0 Å². The highest BCUT2D eigenvalue weighted by Gasteiger charge is 2.12. The quantitative estimate of drug-likeness (QED) is 0.486. The highest BCUT2D eigenvalue weighted by Crippen LogP contribution is 2.24. The molecule has 4 rings (SSSR count). The number of carbonyl (C=O) groups excluding carboxylic acids is 1. The van der Waals surface area contributed by atoms with E-state index in [1.165, 1.54) is 14.2 Å². The molecule has 31 heavy (non-hydrogen) atoms. The van der Waals surface area contributed by atoms with Gasteiger partial charge in [-0.3, -0.25) is 4.79 Å². The van der Waals surface area contributed by atoms with Gasteiger partial charge in [-0.1, -0.05) is 0 Å². The van der Waals surface area contributed by atoms with Crippen molar-refractivity contribution in [2.75, 3.05) is 26.1 Å². The van der Waals surface area contributed by atoms with E-state index in [4.69, 9.17) is 14.2 Å². The first-order valence-electron chi connectivity index (χ1n) is 9.74. The van der Waals surface area contributed by atoms with Crippen LogP contribution in [0.2, 0.25) is 0 Å². The fourth-order valence-electron chi connectivity index (χ4n) is 3.09. The lowest BCUT2D eigenvalue weighted by Crippen LogP contribution is -2.12. The van der Waals surface area contributed by atoms with E-state index in [-0.39, 0.29) is 5.91 Å². The first kappa shape index (κ1) is 20.2. The molecule has 0 atom stereocenters. The topological polar surface area (TPSA) is 87.5 Å². The standard InChI is InChI=1S/C23H22N4O4/c1-4-31-18-8-6-17(7-9-18)27-25-21-10-5-16(13-22(21)26-27)24-23(28)15-11-19(29-2)14-20(12-15)30-3/h5-14H,4H2,1-3H3,(H,24,28). The molecule has 4 aromatic rings. The molecule has 8 nitrogen and oxygen atoms in total. The van der Waals surface area contributed by atoms with Crippen molar-refractivity contribution in [3.05, 3.63) is 66.2 Å². The number of aromatic nitrogens is 3. The predicted molar refractivity (Wildman–Crippen MR) is 118 cm³/mol. The number of benzene rings is 3. The second kappa shape index (κ2) is 8.74. The van der Waals surface area contributed by atoms with Crippen LogP contribution in [0.25, 0.3) is 16.7 Å². The Hall–Kier alpha value is -4.07. The molecule has 1 aromatic heterocycles. The van der Waals surface area contributed by atoms with Crippen LogP contribution in [0.5, 0.6) is 17.2 Å². The molecule has 8 heteroatoms. The van der Waals surface area contributed by atoms with Gasteiger partial charge in [-0.15, -0.1) is 10.2 Å². The van der Waals surface area contributed by atoms with Gasteiger partial charge < -0.3 is 19.5 Å². The van der Waals surface area contributed by atoms with Crippen LogP contribution >= 0.6 is 0 Å². The summed E-state index contributed by atoms with van der Waals surface area (Å²) in [5, 5.41) is 11.9. The van der Waals surface area contributed by atoms with Crippen molar-refractivity contribution in [1.29, 1.82) is 0 Å². The zero-order valence-corrected chi connectivity index (χ0v) is 17.5. The van der Waals surface area contributed by atoms with Gasteiger partial charge >= 0.3 is 0 Å². The number of nitrogens with zero attached hydrogens (tertiary/aromatic N) is 3. The number of hydrogen-bond acceptors (Lipinski definition) is 6. The number of methoxy groups -OCH3 is 2. The third-order valence-electron chi connectivity index (χ3n) is 4.63. The predicted octanol–water partition coefficient (Wildman–Crippen LogP) is 4.09. The van der Waals surface area contributed by atoms with E-state index in [2.05, 4.69) is 15.5 Å². The van der Waals surface area contributed by atoms with Crippen LogP contribution in [0, 0.1) is 0 Å². The van der Waals surface area contributed by atoms with Gasteiger partial charge in [0, 0.05) is 17.3 Å². The first-order valence-corrected chi connectivity index (χ1v) is 9.74. The largest absolute Gasteiger partial charge is 0.497 e. The molecule has 0 radical (unpaired) electrons. The Bertz CT molecular complexity index is 1200. The summed E-state index contributed by atoms with van der Waals surface area (Å²) in [6, 6.07) is 17.9. The van der Waals surface area contributed by atoms with Crippen molar-refractivity contribution < 1.29 is 19.0 Å². The summed E-state index contributed by atoms with van der Waals surface area (Å²) >= 11 is 0. The zero-order valence-electron chi connectivity index (χ0n) is 17.5. The van der Waals surface area contributed by atoms with E-state index in [0.717, 1.165) is 17.0 Å². The van der Waals surface area contributed by atoms with Gasteiger partial charge in [0.2, 0.25) is 0 Å². The summed E-state index contributed by atoms with van der Waals surface area (Å²) in [5.41, 5.74) is 3.23. The smallest absolute Gasteiger partial charge is 0.255 e. The Morgan fingerprint density at radius 1 is 0.871 bits per heavy atom. The molecular formula is C23H22N4O4. The van der Waals surface area contributed by atoms with E-state index in [0.29, 0.717) is 34.9 Å². The summed E-state index contributed by atoms with van der Waals surface area (Å²) in [5.74, 6) is 1.59. The van der Waals surface area contributed by atoms with E-state index in [9.17, 15) is 4.79 Å². The van der Waals surface area contributed by atoms with Gasteiger partial charge in [0.1, 0.15) is 28.3 Å². The maximum absolute atomic E-state index is 12.7. The number of amides is 1. The number of anilines is 1. The van der Waals surface area contributed by atoms with Crippen molar-refractivity contribution in [3.8, 4) is 22.9 Å². The zero-order chi connectivity index (χ0) is 21.8. The van der Waals surface area contributed by atoms with Crippen LogP contribution < -0.4 is 19.5 Å². The maximum atomic E-state index is 12.7. The van der Waals surface area contributed by atoms with E-state index >= 15 is 0 Å². The van der Waals surface area contributed by atoms with Crippen LogP contribution in [0.3, 0.4) is 0 Å². The molecule has 1 N–H and O–H groups in total. The third kappa shape index (κ3) is 4.42. The van der Waals surface area contributed by atoms with Crippen molar-refractivity contribution >= 4 is 22.6 Å². The number of hydrogen-bond donors (Lipinski definition) is 1. The van der Waals surface area contributed by atoms with Gasteiger partial charge in [-0.25, -0.2) is 0 Å². The third-order valence-corrected chi connectivity index (χ3v) is 4.63. The van der Waals surface area contributed by atoms with Crippen molar-refractivity contribution in [2.45, 2.75) is 6.92 Å². The summed E-state index contributed by atoms with van der Waals surface area (Å²) in [7, 11) is 3.08. The number of fused-ring (bicyclic) bond motifs is 1. The van der Waals surface area contributed by atoms with Crippen molar-refractivity contribution in [3.63, 3.8) is 0 Å². The Kier molecular flexibility index (Phi) is 5.70. The molecular weight excluding hydrogens is 396 g/mol. The van der Waals surface area contributed by atoms with Crippen molar-refractivity contribution in [1.82, 2.24) is 15.0 Å². The molecule has 0 unspecified atom stereocenters. The number of nitrogens with one attached hydrogen (secondary N) is 1. The minimum atomic E-state index is -0.282. The lowest BCUT2D eigenvalue weighted by molar-refractivity contribution is 0.102. The molecule has 0 spiro atoms. The van der Waals surface area contributed by atoms with E-state index in [1.807, 2.05) is 37.3 Å². The molecule has 0 saturated heterocycles. The molecule has 0 aliphatic heterocycles. The summed E-state index contributed by atoms with van der Waals surface area (Å²) in [6.45, 7) is 2.55. The van der Waals surface area contributed by atoms with Crippen LogP contribution in [0.15, 0.2) is 60.7 Å². The monoisotopic (exact) mass is 418 g/mol. The minimum Gasteiger partial charge on any atom is -0.497 e. The Morgan fingerprint density at radius 2 is 1.55 bits per heavy atom. The normalized spacial score (nSPS) is 10.7. The molecule has 0 fully saturated rings. The molecule has 0 aliphatic rings. The Morgan fingerprint density at radius 3 is 2.19 bits per heavy atom. The van der Waals surface area contributed by atoms with Crippen LogP contribution in [-0.2, 0) is 0 Å². The highest BCUT2D eigenvalue weighted by atomic mass is 16.5. The molecule has 1 amide bonds. The molecule has 0 saturated carbocycles. The molecule has 3 aromatic carbocycles. The lowest BCUT2D eigenvalue weighted by atomic mass is 10.1. The van der Waals surface area contributed by atoms with Crippen LogP contribution in [0.1, 0.15) is 17.3 Å². The fourth-order valence-corrected chi connectivity index (χ4v) is 3.09. The van der Waals surface area contributed by atoms with Crippen molar-refractivity contribution in [2.24, 2.45) is 0 Å². The number of ether oxygens (including phenoxy) is 3. The summed E-state index contributed by atoms with van der Waals surface area (Å²) in [4.78, 5) is 14.3. The maximum Gasteiger partial charge on any atom is 0.255 e.